The molecule has 0 aliphatic carbocycles. The van der Waals surface area contributed by atoms with E-state index in [1.807, 2.05) is 17.0 Å². The quantitative estimate of drug-likeness (QED) is 0.706. The molecule has 1 aliphatic heterocycles. The molecule has 0 unspecified atom stereocenters. The zero-order valence-corrected chi connectivity index (χ0v) is 16.9. The lowest BCUT2D eigenvalue weighted by Gasteiger charge is -2.23. The Morgan fingerprint density at radius 1 is 1.33 bits per heavy atom. The number of carboxylic acid groups (broad SMARTS) is 1. The van der Waals surface area contributed by atoms with E-state index in [2.05, 4.69) is 11.9 Å². The summed E-state index contributed by atoms with van der Waals surface area (Å²) in [7, 11) is 0. The summed E-state index contributed by atoms with van der Waals surface area (Å²) < 4.78 is 0. The Hall–Kier alpha value is -1.92. The van der Waals surface area contributed by atoms with Crippen molar-refractivity contribution in [2.45, 2.75) is 51.5 Å². The third-order valence-electron chi connectivity index (χ3n) is 4.80. The van der Waals surface area contributed by atoms with Gasteiger partial charge in [0, 0.05) is 24.4 Å². The Balaban J connectivity index is 1.84. The smallest absolute Gasteiger partial charge is 0.347 e. The second kappa shape index (κ2) is 8.85. The molecule has 2 aromatic rings. The summed E-state index contributed by atoms with van der Waals surface area (Å²) in [6.45, 7) is 2.79. The molecule has 144 valence electrons. The number of benzene rings is 1. The van der Waals surface area contributed by atoms with Crippen LogP contribution in [0.2, 0.25) is 5.02 Å². The van der Waals surface area contributed by atoms with Gasteiger partial charge < -0.3 is 10.0 Å². The number of carbonyl (C=O) groups excluding carboxylic acids is 1. The largest absolute Gasteiger partial charge is 0.477 e. The SMILES string of the molecule is CCCCC(=O)N1CCC[C@@H]1c1nc(Cc2ccc(Cl)cc2)c(C(=O)O)s1. The number of aromatic carboxylic acids is 1. The molecule has 1 atom stereocenters. The second-order valence-corrected chi connectivity index (χ2v) is 8.25. The van der Waals surface area contributed by atoms with Gasteiger partial charge in [-0.05, 0) is 37.0 Å². The van der Waals surface area contributed by atoms with E-state index in [-0.39, 0.29) is 16.8 Å². The van der Waals surface area contributed by atoms with E-state index in [1.165, 1.54) is 11.3 Å². The Morgan fingerprint density at radius 3 is 2.74 bits per heavy atom. The molecule has 1 saturated heterocycles. The van der Waals surface area contributed by atoms with Crippen molar-refractivity contribution in [2.75, 3.05) is 6.54 Å². The number of carbonyl (C=O) groups is 2. The summed E-state index contributed by atoms with van der Waals surface area (Å²) >= 11 is 7.12. The molecule has 1 amide bonds. The van der Waals surface area contributed by atoms with Crippen LogP contribution < -0.4 is 0 Å². The number of nitrogens with zero attached hydrogens (tertiary/aromatic N) is 2. The summed E-state index contributed by atoms with van der Waals surface area (Å²) in [5, 5.41) is 11.0. The number of hydrogen-bond acceptors (Lipinski definition) is 4. The first-order chi connectivity index (χ1) is 13.0. The number of aromatic nitrogens is 1. The molecule has 1 fully saturated rings. The Kier molecular flexibility index (Phi) is 6.50. The molecule has 1 aromatic heterocycles. The standard InChI is InChI=1S/C20H23ClN2O3S/c1-2-3-6-17(24)23-11-4-5-16(23)19-22-15(18(27-19)20(25)26)12-13-7-9-14(21)10-8-13/h7-10,16H,2-6,11-12H2,1H3,(H,25,26)/t16-/m1/s1. The van der Waals surface area contributed by atoms with E-state index in [0.717, 1.165) is 42.8 Å². The molecule has 1 aliphatic rings. The normalized spacial score (nSPS) is 16.7. The summed E-state index contributed by atoms with van der Waals surface area (Å²) in [5.74, 6) is -0.824. The third-order valence-corrected chi connectivity index (χ3v) is 6.23. The number of amides is 1. The van der Waals surface area contributed by atoms with Crippen molar-refractivity contribution in [3.63, 3.8) is 0 Å². The molecule has 7 heteroatoms. The van der Waals surface area contributed by atoms with Crippen LogP contribution in [0, 0.1) is 0 Å². The van der Waals surface area contributed by atoms with Gasteiger partial charge in [-0.15, -0.1) is 11.3 Å². The lowest BCUT2D eigenvalue weighted by atomic mass is 10.1. The van der Waals surface area contributed by atoms with Crippen LogP contribution in [-0.4, -0.2) is 33.4 Å². The molecule has 0 bridgehead atoms. The average Bonchev–Trinajstić information content (AvgIpc) is 3.28. The maximum atomic E-state index is 12.5. The van der Waals surface area contributed by atoms with Crippen molar-refractivity contribution in [1.82, 2.24) is 9.88 Å². The van der Waals surface area contributed by atoms with Crippen molar-refractivity contribution < 1.29 is 14.7 Å². The number of thiazole rings is 1. The van der Waals surface area contributed by atoms with E-state index < -0.39 is 5.97 Å². The number of halogens is 1. The summed E-state index contributed by atoms with van der Waals surface area (Å²) in [6, 6.07) is 7.23. The zero-order chi connectivity index (χ0) is 19.4. The maximum absolute atomic E-state index is 12.5. The van der Waals surface area contributed by atoms with Crippen molar-refractivity contribution in [2.24, 2.45) is 0 Å². The number of likely N-dealkylation sites (tertiary alicyclic amines) is 1. The van der Waals surface area contributed by atoms with E-state index in [1.54, 1.807) is 12.1 Å². The fourth-order valence-electron chi connectivity index (χ4n) is 3.39. The molecule has 3 rings (SSSR count). The lowest BCUT2D eigenvalue weighted by Crippen LogP contribution is -2.30. The number of carboxylic acids is 1. The van der Waals surface area contributed by atoms with Gasteiger partial charge in [0.15, 0.2) is 0 Å². The third kappa shape index (κ3) is 4.68. The monoisotopic (exact) mass is 406 g/mol. The summed E-state index contributed by atoms with van der Waals surface area (Å²) in [5.41, 5.74) is 1.51. The summed E-state index contributed by atoms with van der Waals surface area (Å²) in [6.07, 6.45) is 4.60. The number of unbranched alkanes of at least 4 members (excludes halogenated alkanes) is 1. The molecule has 27 heavy (non-hydrogen) atoms. The minimum atomic E-state index is -0.968. The Morgan fingerprint density at radius 2 is 2.07 bits per heavy atom. The predicted molar refractivity (Wildman–Crippen MR) is 107 cm³/mol. The van der Waals surface area contributed by atoms with Gasteiger partial charge in [-0.1, -0.05) is 37.1 Å². The van der Waals surface area contributed by atoms with Crippen LogP contribution in [0.25, 0.3) is 0 Å². The van der Waals surface area contributed by atoms with E-state index in [0.29, 0.717) is 23.6 Å². The Labute approximate surface area is 168 Å². The van der Waals surface area contributed by atoms with Crippen molar-refractivity contribution in [3.05, 3.63) is 50.4 Å². The topological polar surface area (TPSA) is 70.5 Å². The highest BCUT2D eigenvalue weighted by Gasteiger charge is 2.33. The molecule has 2 heterocycles. The van der Waals surface area contributed by atoms with Gasteiger partial charge in [0.25, 0.3) is 0 Å². The Bertz CT molecular complexity index is 819. The maximum Gasteiger partial charge on any atom is 0.347 e. The van der Waals surface area contributed by atoms with Crippen LogP contribution in [0.3, 0.4) is 0 Å². The molecule has 5 nitrogen and oxygen atoms in total. The molecule has 0 radical (unpaired) electrons. The fourth-order valence-corrected chi connectivity index (χ4v) is 4.58. The van der Waals surface area contributed by atoms with Crippen molar-refractivity contribution >= 4 is 34.8 Å². The fraction of sp³-hybridized carbons (Fsp3) is 0.450. The van der Waals surface area contributed by atoms with E-state index in [9.17, 15) is 14.7 Å². The highest BCUT2D eigenvalue weighted by atomic mass is 35.5. The molecule has 1 aromatic carbocycles. The number of hydrogen-bond donors (Lipinski definition) is 1. The molecule has 0 saturated carbocycles. The molecule has 1 N–H and O–H groups in total. The van der Waals surface area contributed by atoms with E-state index >= 15 is 0 Å². The average molecular weight is 407 g/mol. The zero-order valence-electron chi connectivity index (χ0n) is 15.3. The first kappa shape index (κ1) is 19.8. The van der Waals surface area contributed by atoms with Gasteiger partial charge in [0.05, 0.1) is 11.7 Å². The van der Waals surface area contributed by atoms with Gasteiger partial charge >= 0.3 is 5.97 Å². The van der Waals surface area contributed by atoms with Gasteiger partial charge in [-0.3, -0.25) is 4.79 Å². The van der Waals surface area contributed by atoms with Crippen LogP contribution in [0.4, 0.5) is 0 Å². The van der Waals surface area contributed by atoms with Crippen LogP contribution in [0.5, 0.6) is 0 Å². The minimum absolute atomic E-state index is 0.101. The molecular formula is C20H23ClN2O3S. The predicted octanol–water partition coefficient (Wildman–Crippen LogP) is 4.94. The van der Waals surface area contributed by atoms with Crippen LogP contribution >= 0.6 is 22.9 Å². The van der Waals surface area contributed by atoms with Crippen LogP contribution in [0.15, 0.2) is 24.3 Å². The van der Waals surface area contributed by atoms with Gasteiger partial charge in [-0.2, -0.15) is 0 Å². The first-order valence-electron chi connectivity index (χ1n) is 9.26. The second-order valence-electron chi connectivity index (χ2n) is 6.79. The van der Waals surface area contributed by atoms with Crippen molar-refractivity contribution in [3.8, 4) is 0 Å². The molecule has 0 spiro atoms. The molecular weight excluding hydrogens is 384 g/mol. The van der Waals surface area contributed by atoms with Gasteiger partial charge in [0.1, 0.15) is 9.88 Å². The van der Waals surface area contributed by atoms with Gasteiger partial charge in [-0.25, -0.2) is 9.78 Å². The minimum Gasteiger partial charge on any atom is -0.477 e. The van der Waals surface area contributed by atoms with Crippen molar-refractivity contribution in [1.29, 1.82) is 0 Å². The highest BCUT2D eigenvalue weighted by molar-refractivity contribution is 7.13. The summed E-state index contributed by atoms with van der Waals surface area (Å²) in [4.78, 5) is 31.0. The first-order valence-corrected chi connectivity index (χ1v) is 10.5. The van der Waals surface area contributed by atoms with Gasteiger partial charge in [0.2, 0.25) is 5.91 Å². The van der Waals surface area contributed by atoms with Crippen LogP contribution in [-0.2, 0) is 11.2 Å². The van der Waals surface area contributed by atoms with Crippen LogP contribution in [0.1, 0.15) is 71.0 Å². The lowest BCUT2D eigenvalue weighted by molar-refractivity contribution is -0.132. The number of rotatable bonds is 7. The van der Waals surface area contributed by atoms with E-state index in [4.69, 9.17) is 11.6 Å². The highest BCUT2D eigenvalue weighted by Crippen LogP contribution is 2.36.